The Morgan fingerprint density at radius 2 is 1.67 bits per heavy atom. The molecular weight excluding hydrogens is 269 g/mol. The molecular formula is C15H12FN5. The first-order valence-electron chi connectivity index (χ1n) is 6.24. The number of nitrogens with two attached hydrogens (primary N) is 2. The summed E-state index contributed by atoms with van der Waals surface area (Å²) in [4.78, 5) is 12.2. The van der Waals surface area contributed by atoms with Crippen molar-refractivity contribution in [1.82, 2.24) is 15.0 Å². The number of anilines is 2. The van der Waals surface area contributed by atoms with Crippen LogP contribution in [-0.2, 0) is 0 Å². The predicted octanol–water partition coefficient (Wildman–Crippen LogP) is 2.51. The molecule has 4 N–H and O–H groups in total. The maximum Gasteiger partial charge on any atom is 0.220 e. The number of nitrogen functional groups attached to an aromatic ring is 2. The average Bonchev–Trinajstić information content (AvgIpc) is 2.47. The van der Waals surface area contributed by atoms with Crippen molar-refractivity contribution in [3.8, 4) is 22.5 Å². The van der Waals surface area contributed by atoms with Gasteiger partial charge in [-0.1, -0.05) is 0 Å². The van der Waals surface area contributed by atoms with E-state index in [0.29, 0.717) is 28.2 Å². The predicted molar refractivity (Wildman–Crippen MR) is 79.5 cm³/mol. The van der Waals surface area contributed by atoms with E-state index >= 15 is 0 Å². The first-order valence-corrected chi connectivity index (χ1v) is 6.24. The smallest absolute Gasteiger partial charge is 0.220 e. The van der Waals surface area contributed by atoms with Crippen LogP contribution in [0.25, 0.3) is 22.5 Å². The zero-order chi connectivity index (χ0) is 14.8. The summed E-state index contributed by atoms with van der Waals surface area (Å²) in [6.45, 7) is 0. The molecule has 0 aliphatic carbocycles. The second kappa shape index (κ2) is 5.16. The third-order valence-corrected chi connectivity index (χ3v) is 3.00. The van der Waals surface area contributed by atoms with Crippen molar-refractivity contribution in [2.45, 2.75) is 0 Å². The third kappa shape index (κ3) is 2.64. The number of hydrogen-bond donors (Lipinski definition) is 2. The van der Waals surface area contributed by atoms with Gasteiger partial charge in [0.1, 0.15) is 5.82 Å². The van der Waals surface area contributed by atoms with E-state index in [1.165, 1.54) is 6.07 Å². The van der Waals surface area contributed by atoms with E-state index in [-0.39, 0.29) is 11.8 Å². The number of halogens is 1. The van der Waals surface area contributed by atoms with Gasteiger partial charge in [0.05, 0.1) is 11.4 Å². The SMILES string of the molecule is Nc1ccc(-c2ccnc(-c3ccnc(N)n3)c2)c(F)c1. The molecule has 3 rings (SSSR count). The van der Waals surface area contributed by atoms with E-state index in [0.717, 1.165) is 0 Å². The zero-order valence-corrected chi connectivity index (χ0v) is 11.0. The summed E-state index contributed by atoms with van der Waals surface area (Å²) in [5.41, 5.74) is 13.8. The molecule has 0 saturated carbocycles. The van der Waals surface area contributed by atoms with Crippen molar-refractivity contribution in [3.05, 3.63) is 54.6 Å². The second-order valence-corrected chi connectivity index (χ2v) is 4.47. The molecule has 21 heavy (non-hydrogen) atoms. The Morgan fingerprint density at radius 1 is 0.857 bits per heavy atom. The molecule has 5 nitrogen and oxygen atoms in total. The standard InChI is InChI=1S/C15H12FN5/c16-12-8-10(17)1-2-11(12)9-3-5-19-14(7-9)13-4-6-20-15(18)21-13/h1-8H,17H2,(H2,18,20,21). The van der Waals surface area contributed by atoms with Crippen LogP contribution >= 0.6 is 0 Å². The molecule has 104 valence electrons. The molecule has 1 aromatic carbocycles. The topological polar surface area (TPSA) is 90.7 Å². The maximum atomic E-state index is 14.0. The molecule has 0 atom stereocenters. The highest BCUT2D eigenvalue weighted by molar-refractivity contribution is 5.70. The van der Waals surface area contributed by atoms with Crippen molar-refractivity contribution >= 4 is 11.6 Å². The van der Waals surface area contributed by atoms with Crippen LogP contribution in [0, 0.1) is 5.82 Å². The minimum Gasteiger partial charge on any atom is -0.399 e. The van der Waals surface area contributed by atoms with E-state index < -0.39 is 0 Å². The van der Waals surface area contributed by atoms with Gasteiger partial charge >= 0.3 is 0 Å². The minimum atomic E-state index is -0.380. The van der Waals surface area contributed by atoms with Crippen LogP contribution in [0.1, 0.15) is 0 Å². The lowest BCUT2D eigenvalue weighted by molar-refractivity contribution is 0.632. The minimum absolute atomic E-state index is 0.165. The summed E-state index contributed by atoms with van der Waals surface area (Å²) in [6, 6.07) is 9.75. The summed E-state index contributed by atoms with van der Waals surface area (Å²) < 4.78 is 14.0. The first kappa shape index (κ1) is 13.0. The van der Waals surface area contributed by atoms with Crippen molar-refractivity contribution in [2.75, 3.05) is 11.5 Å². The molecule has 6 heteroatoms. The number of rotatable bonds is 2. The van der Waals surface area contributed by atoms with E-state index in [1.54, 1.807) is 42.7 Å². The molecule has 0 unspecified atom stereocenters. The highest BCUT2D eigenvalue weighted by atomic mass is 19.1. The Morgan fingerprint density at radius 3 is 2.43 bits per heavy atom. The van der Waals surface area contributed by atoms with Gasteiger partial charge in [-0.05, 0) is 42.0 Å². The van der Waals surface area contributed by atoms with Gasteiger partial charge in [0.25, 0.3) is 0 Å². The summed E-state index contributed by atoms with van der Waals surface area (Å²) in [7, 11) is 0. The number of benzene rings is 1. The second-order valence-electron chi connectivity index (χ2n) is 4.47. The molecule has 0 saturated heterocycles. The van der Waals surface area contributed by atoms with E-state index in [2.05, 4.69) is 15.0 Å². The maximum absolute atomic E-state index is 14.0. The third-order valence-electron chi connectivity index (χ3n) is 3.00. The normalized spacial score (nSPS) is 10.5. The first-order chi connectivity index (χ1) is 10.1. The summed E-state index contributed by atoms with van der Waals surface area (Å²) >= 11 is 0. The van der Waals surface area contributed by atoms with Crippen LogP contribution in [0.3, 0.4) is 0 Å². The highest BCUT2D eigenvalue weighted by Gasteiger charge is 2.08. The average molecular weight is 281 g/mol. The fourth-order valence-corrected chi connectivity index (χ4v) is 2.02. The Bertz CT molecular complexity index is 804. The number of nitrogens with zero attached hydrogens (tertiary/aromatic N) is 3. The van der Waals surface area contributed by atoms with Crippen LogP contribution in [0.5, 0.6) is 0 Å². The highest BCUT2D eigenvalue weighted by Crippen LogP contribution is 2.27. The van der Waals surface area contributed by atoms with E-state index in [9.17, 15) is 4.39 Å². The van der Waals surface area contributed by atoms with Gasteiger partial charge in [-0.25, -0.2) is 14.4 Å². The fraction of sp³-hybridized carbons (Fsp3) is 0. The van der Waals surface area contributed by atoms with Gasteiger partial charge in [-0.3, -0.25) is 4.98 Å². The summed E-state index contributed by atoms with van der Waals surface area (Å²) in [5, 5.41) is 0. The zero-order valence-electron chi connectivity index (χ0n) is 11.0. The van der Waals surface area contributed by atoms with E-state index in [1.807, 2.05) is 0 Å². The molecule has 0 fully saturated rings. The van der Waals surface area contributed by atoms with Gasteiger partial charge in [0.2, 0.25) is 5.95 Å². The van der Waals surface area contributed by atoms with Gasteiger partial charge in [0.15, 0.2) is 0 Å². The van der Waals surface area contributed by atoms with Crippen LogP contribution in [0.2, 0.25) is 0 Å². The van der Waals surface area contributed by atoms with Crippen molar-refractivity contribution in [3.63, 3.8) is 0 Å². The molecule has 0 bridgehead atoms. The summed E-state index contributed by atoms with van der Waals surface area (Å²) in [6.07, 6.45) is 3.15. The number of hydrogen-bond acceptors (Lipinski definition) is 5. The van der Waals surface area contributed by atoms with Crippen LogP contribution < -0.4 is 11.5 Å². The van der Waals surface area contributed by atoms with Gasteiger partial charge in [0, 0.05) is 23.6 Å². The molecule has 0 spiro atoms. The van der Waals surface area contributed by atoms with E-state index in [4.69, 9.17) is 11.5 Å². The van der Waals surface area contributed by atoms with Crippen LogP contribution in [0.4, 0.5) is 16.0 Å². The molecule has 0 radical (unpaired) electrons. The molecule has 2 aromatic heterocycles. The molecule has 3 aromatic rings. The van der Waals surface area contributed by atoms with Crippen LogP contribution in [0.15, 0.2) is 48.8 Å². The molecule has 0 aliphatic rings. The van der Waals surface area contributed by atoms with Crippen molar-refractivity contribution in [2.24, 2.45) is 0 Å². The Kier molecular flexibility index (Phi) is 3.19. The van der Waals surface area contributed by atoms with Crippen molar-refractivity contribution in [1.29, 1.82) is 0 Å². The Labute approximate surface area is 120 Å². The lowest BCUT2D eigenvalue weighted by Gasteiger charge is -2.06. The quantitative estimate of drug-likeness (QED) is 0.704. The molecule has 0 aliphatic heterocycles. The largest absolute Gasteiger partial charge is 0.399 e. The molecule has 0 amide bonds. The van der Waals surface area contributed by atoms with Gasteiger partial charge in [-0.15, -0.1) is 0 Å². The van der Waals surface area contributed by atoms with Crippen molar-refractivity contribution < 1.29 is 4.39 Å². The number of pyridine rings is 1. The monoisotopic (exact) mass is 281 g/mol. The Hall–Kier alpha value is -3.02. The summed E-state index contributed by atoms with van der Waals surface area (Å²) in [5.74, 6) is -0.215. The fourth-order valence-electron chi connectivity index (χ4n) is 2.02. The van der Waals surface area contributed by atoms with Gasteiger partial charge in [-0.2, -0.15) is 0 Å². The molecule has 2 heterocycles. The van der Waals surface area contributed by atoms with Gasteiger partial charge < -0.3 is 11.5 Å². The number of aromatic nitrogens is 3. The lowest BCUT2D eigenvalue weighted by Crippen LogP contribution is -1.96. The van der Waals surface area contributed by atoms with Crippen LogP contribution in [-0.4, -0.2) is 15.0 Å². The lowest BCUT2D eigenvalue weighted by atomic mass is 10.0. The Balaban J connectivity index is 2.08.